The highest BCUT2D eigenvalue weighted by molar-refractivity contribution is 9.11. The van der Waals surface area contributed by atoms with Crippen molar-refractivity contribution < 1.29 is 4.79 Å². The average Bonchev–Trinajstić information content (AvgIpc) is 2.75. The van der Waals surface area contributed by atoms with Crippen molar-refractivity contribution in [1.29, 1.82) is 0 Å². The topological polar surface area (TPSA) is 68.0 Å². The normalized spacial score (nSPS) is 10.1. The molecule has 4 nitrogen and oxygen atoms in total. The summed E-state index contributed by atoms with van der Waals surface area (Å²) in [5.74, 6) is -0.216. The lowest BCUT2D eigenvalue weighted by molar-refractivity contribution is 0.102. The minimum absolute atomic E-state index is 0.216. The van der Waals surface area contributed by atoms with Gasteiger partial charge in [-0.15, -0.1) is 0 Å². The van der Waals surface area contributed by atoms with E-state index >= 15 is 0 Å². The van der Waals surface area contributed by atoms with Gasteiger partial charge in [0.2, 0.25) is 0 Å². The van der Waals surface area contributed by atoms with E-state index in [1.165, 1.54) is 11.3 Å². The number of carbonyl (C=O) groups excluding carboxylic acids is 1. The van der Waals surface area contributed by atoms with E-state index in [4.69, 9.17) is 18.0 Å². The molecule has 0 saturated carbocycles. The highest BCUT2D eigenvalue weighted by atomic mass is 79.9. The largest absolute Gasteiger partial charge is 0.389 e. The van der Waals surface area contributed by atoms with E-state index in [-0.39, 0.29) is 5.91 Å². The zero-order chi connectivity index (χ0) is 13.1. The number of hydrogen-bond donors (Lipinski definition) is 2. The number of benzene rings is 1. The Kier molecular flexibility index (Phi) is 4.05. The van der Waals surface area contributed by atoms with Gasteiger partial charge in [0, 0.05) is 11.1 Å². The third-order valence-corrected chi connectivity index (χ3v) is 3.76. The number of carbonyl (C=O) groups is 1. The van der Waals surface area contributed by atoms with Gasteiger partial charge in [0.25, 0.3) is 5.91 Å². The van der Waals surface area contributed by atoms with Crippen LogP contribution in [0.15, 0.2) is 34.2 Å². The van der Waals surface area contributed by atoms with Crippen LogP contribution in [0.2, 0.25) is 0 Å². The smallest absolute Gasteiger partial charge is 0.257 e. The zero-order valence-corrected chi connectivity index (χ0v) is 12.2. The summed E-state index contributed by atoms with van der Waals surface area (Å²) in [6.07, 6.45) is 1.64. The summed E-state index contributed by atoms with van der Waals surface area (Å²) >= 11 is 9.47. The monoisotopic (exact) mass is 341 g/mol. The minimum atomic E-state index is -0.216. The van der Waals surface area contributed by atoms with Gasteiger partial charge in [-0.2, -0.15) is 0 Å². The van der Waals surface area contributed by atoms with Crippen molar-refractivity contribution in [3.63, 3.8) is 0 Å². The molecule has 0 radical (unpaired) electrons. The van der Waals surface area contributed by atoms with Crippen LogP contribution >= 0.6 is 39.5 Å². The molecule has 0 aliphatic rings. The van der Waals surface area contributed by atoms with Gasteiger partial charge in [0.15, 0.2) is 5.13 Å². The minimum Gasteiger partial charge on any atom is -0.389 e. The third kappa shape index (κ3) is 3.12. The summed E-state index contributed by atoms with van der Waals surface area (Å²) in [6, 6.07) is 6.78. The molecule has 0 aliphatic carbocycles. The first-order valence-corrected chi connectivity index (χ1v) is 6.90. The van der Waals surface area contributed by atoms with Crippen molar-refractivity contribution >= 4 is 55.5 Å². The fourth-order valence-corrected chi connectivity index (χ4v) is 2.51. The molecular weight excluding hydrogens is 334 g/mol. The van der Waals surface area contributed by atoms with Crippen LogP contribution in [0.4, 0.5) is 5.13 Å². The number of amides is 1. The highest BCUT2D eigenvalue weighted by Gasteiger charge is 2.08. The van der Waals surface area contributed by atoms with Crippen LogP contribution in [0.1, 0.15) is 15.9 Å². The SMILES string of the molecule is NC(=S)c1ccc(C(=O)Nc2ncc(Br)s2)cc1. The molecule has 92 valence electrons. The molecule has 7 heteroatoms. The number of rotatable bonds is 3. The lowest BCUT2D eigenvalue weighted by Crippen LogP contribution is -2.13. The number of aromatic nitrogens is 1. The van der Waals surface area contributed by atoms with Gasteiger partial charge in [0.1, 0.15) is 4.99 Å². The van der Waals surface area contributed by atoms with Gasteiger partial charge < -0.3 is 5.73 Å². The van der Waals surface area contributed by atoms with Gasteiger partial charge in [-0.05, 0) is 28.1 Å². The quantitative estimate of drug-likeness (QED) is 0.842. The predicted octanol–water partition coefficient (Wildman–Crippen LogP) is 2.79. The van der Waals surface area contributed by atoms with Crippen molar-refractivity contribution in [1.82, 2.24) is 4.98 Å². The maximum atomic E-state index is 11.9. The van der Waals surface area contributed by atoms with E-state index in [0.29, 0.717) is 15.7 Å². The Morgan fingerprint density at radius 3 is 2.44 bits per heavy atom. The Hall–Kier alpha value is -1.31. The van der Waals surface area contributed by atoms with Crippen LogP contribution in [0.3, 0.4) is 0 Å². The van der Waals surface area contributed by atoms with Gasteiger partial charge in [0.05, 0.1) is 9.98 Å². The molecule has 18 heavy (non-hydrogen) atoms. The Bertz CT molecular complexity index is 595. The Morgan fingerprint density at radius 2 is 1.94 bits per heavy atom. The molecule has 2 rings (SSSR count). The lowest BCUT2D eigenvalue weighted by Gasteiger charge is -2.03. The standard InChI is InChI=1S/C11H8BrN3OS2/c12-8-5-14-11(18-8)15-10(16)7-3-1-6(2-4-7)9(13)17/h1-5H,(H2,13,17)(H,14,15,16). The molecule has 1 aromatic heterocycles. The number of thiocarbonyl (C=S) groups is 1. The van der Waals surface area contributed by atoms with Crippen molar-refractivity contribution in [3.05, 3.63) is 45.4 Å². The summed E-state index contributed by atoms with van der Waals surface area (Å²) in [5, 5.41) is 3.25. The van der Waals surface area contributed by atoms with Crippen LogP contribution in [-0.2, 0) is 0 Å². The molecular formula is C11H8BrN3OS2. The zero-order valence-electron chi connectivity index (χ0n) is 9.01. The molecule has 0 atom stereocenters. The summed E-state index contributed by atoms with van der Waals surface area (Å²) in [7, 11) is 0. The molecule has 1 aromatic carbocycles. The van der Waals surface area contributed by atoms with E-state index in [1.54, 1.807) is 30.5 Å². The molecule has 0 aliphatic heterocycles. The van der Waals surface area contributed by atoms with Crippen LogP contribution in [-0.4, -0.2) is 15.9 Å². The van der Waals surface area contributed by atoms with E-state index in [2.05, 4.69) is 26.2 Å². The lowest BCUT2D eigenvalue weighted by atomic mass is 10.1. The van der Waals surface area contributed by atoms with E-state index in [0.717, 1.165) is 9.35 Å². The summed E-state index contributed by atoms with van der Waals surface area (Å²) in [5.41, 5.74) is 6.75. The summed E-state index contributed by atoms with van der Waals surface area (Å²) in [4.78, 5) is 16.2. The molecule has 1 amide bonds. The molecule has 0 bridgehead atoms. The third-order valence-electron chi connectivity index (χ3n) is 2.13. The summed E-state index contributed by atoms with van der Waals surface area (Å²) < 4.78 is 0.863. The first-order chi connectivity index (χ1) is 8.56. The van der Waals surface area contributed by atoms with Crippen molar-refractivity contribution in [3.8, 4) is 0 Å². The van der Waals surface area contributed by atoms with E-state index < -0.39 is 0 Å². The van der Waals surface area contributed by atoms with Crippen LogP contribution in [0.25, 0.3) is 0 Å². The molecule has 0 saturated heterocycles. The second-order valence-corrected chi connectivity index (χ2v) is 6.21. The van der Waals surface area contributed by atoms with Gasteiger partial charge in [-0.25, -0.2) is 4.98 Å². The van der Waals surface area contributed by atoms with Gasteiger partial charge in [-0.3, -0.25) is 10.1 Å². The van der Waals surface area contributed by atoms with Crippen molar-refractivity contribution in [2.45, 2.75) is 0 Å². The Balaban J connectivity index is 2.11. The fourth-order valence-electron chi connectivity index (χ4n) is 1.27. The molecule has 3 N–H and O–H groups in total. The van der Waals surface area contributed by atoms with Crippen LogP contribution in [0, 0.1) is 0 Å². The first kappa shape index (κ1) is 13.1. The maximum absolute atomic E-state index is 11.9. The van der Waals surface area contributed by atoms with Crippen LogP contribution in [0.5, 0.6) is 0 Å². The van der Waals surface area contributed by atoms with Gasteiger partial charge in [-0.1, -0.05) is 35.7 Å². The molecule has 0 fully saturated rings. The molecule has 1 heterocycles. The second kappa shape index (κ2) is 5.55. The number of halogens is 1. The first-order valence-electron chi connectivity index (χ1n) is 4.89. The predicted molar refractivity (Wildman–Crippen MR) is 80.1 cm³/mol. The number of nitrogens with zero attached hydrogens (tertiary/aromatic N) is 1. The number of anilines is 1. The van der Waals surface area contributed by atoms with Gasteiger partial charge >= 0.3 is 0 Å². The Morgan fingerprint density at radius 1 is 1.33 bits per heavy atom. The van der Waals surface area contributed by atoms with Crippen LogP contribution < -0.4 is 11.1 Å². The fraction of sp³-hybridized carbons (Fsp3) is 0. The second-order valence-electron chi connectivity index (χ2n) is 3.37. The van der Waals surface area contributed by atoms with Crippen molar-refractivity contribution in [2.24, 2.45) is 5.73 Å². The molecule has 0 unspecified atom stereocenters. The summed E-state index contributed by atoms with van der Waals surface area (Å²) in [6.45, 7) is 0. The molecule has 0 spiro atoms. The Labute approximate surface area is 121 Å². The highest BCUT2D eigenvalue weighted by Crippen LogP contribution is 2.23. The number of thiazole rings is 1. The number of hydrogen-bond acceptors (Lipinski definition) is 4. The van der Waals surface area contributed by atoms with E-state index in [9.17, 15) is 4.79 Å². The van der Waals surface area contributed by atoms with E-state index in [1.807, 2.05) is 0 Å². The maximum Gasteiger partial charge on any atom is 0.257 e. The molecule has 2 aromatic rings. The number of nitrogens with two attached hydrogens (primary N) is 1. The number of nitrogens with one attached hydrogen (secondary N) is 1. The van der Waals surface area contributed by atoms with Crippen molar-refractivity contribution in [2.75, 3.05) is 5.32 Å². The average molecular weight is 342 g/mol.